The zero-order chi connectivity index (χ0) is 13.0. The zero-order valence-electron chi connectivity index (χ0n) is 11.8. The second kappa shape index (κ2) is 6.21. The van der Waals surface area contributed by atoms with E-state index in [2.05, 4.69) is 53.4 Å². The molecule has 1 fully saturated rings. The van der Waals surface area contributed by atoms with Crippen molar-refractivity contribution in [1.82, 2.24) is 10.2 Å². The molecule has 1 heterocycles. The molecule has 3 heteroatoms. The molecule has 0 spiro atoms. The van der Waals surface area contributed by atoms with Gasteiger partial charge in [-0.2, -0.15) is 0 Å². The molecule has 0 saturated carbocycles. The third-order valence-electron chi connectivity index (χ3n) is 3.91. The van der Waals surface area contributed by atoms with Gasteiger partial charge >= 0.3 is 0 Å². The van der Waals surface area contributed by atoms with Crippen LogP contribution in [-0.4, -0.2) is 45.2 Å². The fraction of sp³-hybridized carbons (Fsp3) is 0.600. The van der Waals surface area contributed by atoms with E-state index in [9.17, 15) is 0 Å². The number of nitrogens with zero attached hydrogens (tertiary/aromatic N) is 2. The molecule has 1 saturated heterocycles. The molecule has 1 atom stereocenters. The summed E-state index contributed by atoms with van der Waals surface area (Å²) < 4.78 is 0. The van der Waals surface area contributed by atoms with E-state index in [-0.39, 0.29) is 0 Å². The lowest BCUT2D eigenvalue weighted by atomic mass is 10.1. The minimum Gasteiger partial charge on any atom is -0.370 e. The topological polar surface area (TPSA) is 18.5 Å². The van der Waals surface area contributed by atoms with Crippen molar-refractivity contribution in [3.8, 4) is 0 Å². The van der Waals surface area contributed by atoms with Gasteiger partial charge in [-0.05, 0) is 51.7 Å². The van der Waals surface area contributed by atoms with Crippen LogP contribution in [0.25, 0.3) is 0 Å². The van der Waals surface area contributed by atoms with Crippen LogP contribution in [0, 0.1) is 0 Å². The molecule has 0 aromatic heterocycles. The molecule has 1 aromatic carbocycles. The third-order valence-corrected chi connectivity index (χ3v) is 3.91. The van der Waals surface area contributed by atoms with E-state index in [0.717, 1.165) is 13.1 Å². The van der Waals surface area contributed by atoms with Crippen LogP contribution in [0.5, 0.6) is 0 Å². The molecule has 0 amide bonds. The van der Waals surface area contributed by atoms with E-state index in [1.54, 1.807) is 0 Å². The Hall–Kier alpha value is -1.06. The van der Waals surface area contributed by atoms with Gasteiger partial charge in [0.2, 0.25) is 0 Å². The van der Waals surface area contributed by atoms with E-state index in [1.807, 2.05) is 7.05 Å². The lowest BCUT2D eigenvalue weighted by Gasteiger charge is -2.23. The summed E-state index contributed by atoms with van der Waals surface area (Å²) in [7, 11) is 4.21. The van der Waals surface area contributed by atoms with Gasteiger partial charge in [-0.25, -0.2) is 0 Å². The summed E-state index contributed by atoms with van der Waals surface area (Å²) in [5, 5.41) is 3.28. The molecule has 0 aliphatic carbocycles. The molecule has 0 bridgehead atoms. The molecule has 3 nitrogen and oxygen atoms in total. The molecule has 1 aliphatic heterocycles. The van der Waals surface area contributed by atoms with Crippen LogP contribution in [0.2, 0.25) is 0 Å². The first kappa shape index (κ1) is 13.4. The molecule has 2 rings (SSSR count). The smallest absolute Gasteiger partial charge is 0.0366 e. The zero-order valence-corrected chi connectivity index (χ0v) is 11.8. The Labute approximate surface area is 111 Å². The highest BCUT2D eigenvalue weighted by molar-refractivity contribution is 5.48. The normalized spacial score (nSPS) is 19.6. The summed E-state index contributed by atoms with van der Waals surface area (Å²) in [6.45, 7) is 6.87. The summed E-state index contributed by atoms with van der Waals surface area (Å²) in [4.78, 5) is 4.91. The van der Waals surface area contributed by atoms with Crippen molar-refractivity contribution in [2.75, 3.05) is 45.2 Å². The second-order valence-electron chi connectivity index (χ2n) is 5.25. The van der Waals surface area contributed by atoms with E-state index in [0.29, 0.717) is 6.04 Å². The highest BCUT2D eigenvalue weighted by atomic mass is 15.2. The van der Waals surface area contributed by atoms with Crippen molar-refractivity contribution in [2.45, 2.75) is 19.4 Å². The van der Waals surface area contributed by atoms with Gasteiger partial charge in [0.15, 0.2) is 0 Å². The number of benzene rings is 1. The van der Waals surface area contributed by atoms with Crippen LogP contribution in [0.1, 0.15) is 24.9 Å². The Morgan fingerprint density at radius 1 is 1.06 bits per heavy atom. The third kappa shape index (κ3) is 3.24. The maximum atomic E-state index is 3.28. The van der Waals surface area contributed by atoms with Crippen LogP contribution in [-0.2, 0) is 0 Å². The van der Waals surface area contributed by atoms with Crippen LogP contribution in [0.15, 0.2) is 24.3 Å². The van der Waals surface area contributed by atoms with Crippen LogP contribution >= 0.6 is 0 Å². The predicted molar refractivity (Wildman–Crippen MR) is 78.2 cm³/mol. The molecule has 100 valence electrons. The monoisotopic (exact) mass is 247 g/mol. The Balaban J connectivity index is 2.04. The largest absolute Gasteiger partial charge is 0.370 e. The second-order valence-corrected chi connectivity index (χ2v) is 5.25. The van der Waals surface area contributed by atoms with Gasteiger partial charge in [0.05, 0.1) is 0 Å². The van der Waals surface area contributed by atoms with Gasteiger partial charge in [-0.3, -0.25) is 0 Å². The van der Waals surface area contributed by atoms with Gasteiger partial charge in [0, 0.05) is 31.4 Å². The van der Waals surface area contributed by atoms with Crippen molar-refractivity contribution in [1.29, 1.82) is 0 Å². The number of likely N-dealkylation sites (N-methyl/N-ethyl adjacent to an activating group) is 1. The highest BCUT2D eigenvalue weighted by Crippen LogP contribution is 2.20. The Kier molecular flexibility index (Phi) is 4.61. The van der Waals surface area contributed by atoms with Crippen molar-refractivity contribution >= 4 is 5.69 Å². The SMILES string of the molecule is CNC(C)c1ccc(N2CCCN(C)CC2)cc1. The Morgan fingerprint density at radius 2 is 1.78 bits per heavy atom. The van der Waals surface area contributed by atoms with Crippen LogP contribution in [0.4, 0.5) is 5.69 Å². The van der Waals surface area contributed by atoms with E-state index in [1.165, 1.54) is 30.8 Å². The molecule has 0 radical (unpaired) electrons. The van der Waals surface area contributed by atoms with E-state index >= 15 is 0 Å². The summed E-state index contributed by atoms with van der Waals surface area (Å²) in [6.07, 6.45) is 1.26. The lowest BCUT2D eigenvalue weighted by Crippen LogP contribution is -2.28. The molecule has 1 unspecified atom stereocenters. The van der Waals surface area contributed by atoms with Gasteiger partial charge in [0.1, 0.15) is 0 Å². The molecule has 1 N–H and O–H groups in total. The van der Waals surface area contributed by atoms with Gasteiger partial charge in [-0.1, -0.05) is 12.1 Å². The van der Waals surface area contributed by atoms with Crippen molar-refractivity contribution < 1.29 is 0 Å². The molecular weight excluding hydrogens is 222 g/mol. The fourth-order valence-electron chi connectivity index (χ4n) is 2.45. The first-order chi connectivity index (χ1) is 8.70. The molecule has 1 aromatic rings. The van der Waals surface area contributed by atoms with Crippen LogP contribution in [0.3, 0.4) is 0 Å². The van der Waals surface area contributed by atoms with Gasteiger partial charge < -0.3 is 15.1 Å². The summed E-state index contributed by atoms with van der Waals surface area (Å²) >= 11 is 0. The Bertz CT molecular complexity index is 361. The van der Waals surface area contributed by atoms with Gasteiger partial charge in [0.25, 0.3) is 0 Å². The first-order valence-corrected chi connectivity index (χ1v) is 6.91. The quantitative estimate of drug-likeness (QED) is 0.882. The summed E-state index contributed by atoms with van der Waals surface area (Å²) in [5.74, 6) is 0. The molecule has 1 aliphatic rings. The number of rotatable bonds is 3. The minimum atomic E-state index is 0.425. The van der Waals surface area contributed by atoms with Crippen LogP contribution < -0.4 is 10.2 Å². The fourth-order valence-corrected chi connectivity index (χ4v) is 2.45. The summed E-state index contributed by atoms with van der Waals surface area (Å²) in [6, 6.07) is 9.42. The molecular formula is C15H25N3. The minimum absolute atomic E-state index is 0.425. The van der Waals surface area contributed by atoms with Crippen molar-refractivity contribution in [2.24, 2.45) is 0 Å². The number of hydrogen-bond donors (Lipinski definition) is 1. The average molecular weight is 247 g/mol. The first-order valence-electron chi connectivity index (χ1n) is 6.91. The molecule has 18 heavy (non-hydrogen) atoms. The maximum Gasteiger partial charge on any atom is 0.0366 e. The van der Waals surface area contributed by atoms with Crippen molar-refractivity contribution in [3.05, 3.63) is 29.8 Å². The van der Waals surface area contributed by atoms with E-state index < -0.39 is 0 Å². The predicted octanol–water partition coefficient (Wildman–Crippen LogP) is 2.11. The number of hydrogen-bond acceptors (Lipinski definition) is 3. The van der Waals surface area contributed by atoms with E-state index in [4.69, 9.17) is 0 Å². The Morgan fingerprint density at radius 3 is 2.44 bits per heavy atom. The maximum absolute atomic E-state index is 3.28. The van der Waals surface area contributed by atoms with Crippen molar-refractivity contribution in [3.63, 3.8) is 0 Å². The lowest BCUT2D eigenvalue weighted by molar-refractivity contribution is 0.360. The highest BCUT2D eigenvalue weighted by Gasteiger charge is 2.12. The number of nitrogens with one attached hydrogen (secondary N) is 1. The summed E-state index contributed by atoms with van der Waals surface area (Å²) in [5.41, 5.74) is 2.71. The number of anilines is 1. The average Bonchev–Trinajstić information content (AvgIpc) is 2.63. The standard InChI is InChI=1S/C15H25N3/c1-13(16-2)14-5-7-15(8-6-14)18-10-4-9-17(3)11-12-18/h5-8,13,16H,4,9-12H2,1-3H3. The van der Waals surface area contributed by atoms with Gasteiger partial charge in [-0.15, -0.1) is 0 Å².